The zero-order valence-corrected chi connectivity index (χ0v) is 12.4. The summed E-state index contributed by atoms with van der Waals surface area (Å²) in [5.74, 6) is 0. The van der Waals surface area contributed by atoms with Crippen molar-refractivity contribution in [3.05, 3.63) is 83.9 Å². The third-order valence-corrected chi connectivity index (χ3v) is 3.74. The van der Waals surface area contributed by atoms with Gasteiger partial charge in [0.1, 0.15) is 6.29 Å². The van der Waals surface area contributed by atoms with E-state index in [1.807, 2.05) is 60.7 Å². The number of benzene rings is 3. The van der Waals surface area contributed by atoms with Gasteiger partial charge in [0.05, 0.1) is 0 Å². The van der Waals surface area contributed by atoms with E-state index < -0.39 is 0 Å². The van der Waals surface area contributed by atoms with Crippen molar-refractivity contribution >= 4 is 17.7 Å². The molecular weight excluding hydrogens is 270 g/mol. The van der Waals surface area contributed by atoms with Crippen LogP contribution in [0.1, 0.15) is 15.9 Å². The van der Waals surface area contributed by atoms with E-state index >= 15 is 0 Å². The second-order valence-electron chi connectivity index (χ2n) is 5.21. The van der Waals surface area contributed by atoms with Crippen LogP contribution in [0.2, 0.25) is 0 Å². The maximum Gasteiger partial charge on any atom is 0.150 e. The summed E-state index contributed by atoms with van der Waals surface area (Å²) in [6, 6.07) is 24.0. The van der Waals surface area contributed by atoms with Crippen LogP contribution in [0.15, 0.2) is 72.8 Å². The van der Waals surface area contributed by atoms with E-state index in [0.29, 0.717) is 5.56 Å². The largest absolute Gasteiger partial charge is 0.355 e. The predicted molar refractivity (Wildman–Crippen MR) is 91.7 cm³/mol. The summed E-state index contributed by atoms with van der Waals surface area (Å²) in [7, 11) is 0. The summed E-state index contributed by atoms with van der Waals surface area (Å²) in [6.45, 7) is 2.11. The number of para-hydroxylation sites is 1. The first kappa shape index (κ1) is 14.1. The molecule has 0 heterocycles. The number of rotatable bonds is 4. The lowest BCUT2D eigenvalue weighted by Crippen LogP contribution is -1.94. The molecule has 2 nitrogen and oxygen atoms in total. The highest BCUT2D eigenvalue weighted by Gasteiger charge is 2.06. The number of nitrogens with one attached hydrogen (secondary N) is 1. The smallest absolute Gasteiger partial charge is 0.150 e. The summed E-state index contributed by atoms with van der Waals surface area (Å²) in [5.41, 5.74) is 6.31. The Kier molecular flexibility index (Phi) is 4.01. The number of anilines is 2. The van der Waals surface area contributed by atoms with Gasteiger partial charge in [-0.1, -0.05) is 54.6 Å². The average molecular weight is 287 g/mol. The molecule has 0 unspecified atom stereocenters. The Morgan fingerprint density at radius 3 is 2.23 bits per heavy atom. The summed E-state index contributed by atoms with van der Waals surface area (Å²) in [6.07, 6.45) is 0.865. The Labute approximate surface area is 130 Å². The second-order valence-corrected chi connectivity index (χ2v) is 5.21. The fraction of sp³-hybridized carbons (Fsp3) is 0.0500. The molecule has 2 heteroatoms. The van der Waals surface area contributed by atoms with E-state index in [-0.39, 0.29) is 0 Å². The lowest BCUT2D eigenvalue weighted by atomic mass is 9.98. The van der Waals surface area contributed by atoms with E-state index in [0.717, 1.165) is 23.2 Å². The lowest BCUT2D eigenvalue weighted by molar-refractivity contribution is 0.112. The highest BCUT2D eigenvalue weighted by Crippen LogP contribution is 2.30. The minimum atomic E-state index is 0.694. The maximum atomic E-state index is 10.8. The van der Waals surface area contributed by atoms with Gasteiger partial charge in [-0.05, 0) is 41.8 Å². The van der Waals surface area contributed by atoms with Crippen molar-refractivity contribution in [2.75, 3.05) is 5.32 Å². The summed E-state index contributed by atoms with van der Waals surface area (Å²) in [5, 5.41) is 3.45. The van der Waals surface area contributed by atoms with Crippen molar-refractivity contribution < 1.29 is 4.79 Å². The monoisotopic (exact) mass is 287 g/mol. The van der Waals surface area contributed by atoms with Crippen LogP contribution in [-0.2, 0) is 0 Å². The van der Waals surface area contributed by atoms with E-state index in [2.05, 4.69) is 24.4 Å². The third kappa shape index (κ3) is 2.91. The number of hydrogen-bond donors (Lipinski definition) is 1. The van der Waals surface area contributed by atoms with E-state index in [4.69, 9.17) is 0 Å². The van der Waals surface area contributed by atoms with Crippen LogP contribution >= 0.6 is 0 Å². The summed E-state index contributed by atoms with van der Waals surface area (Å²) < 4.78 is 0. The Hall–Kier alpha value is -2.87. The van der Waals surface area contributed by atoms with E-state index in [1.54, 1.807) is 0 Å². The van der Waals surface area contributed by atoms with Crippen molar-refractivity contribution in [3.63, 3.8) is 0 Å². The molecule has 0 bridgehead atoms. The molecule has 0 aliphatic carbocycles. The zero-order chi connectivity index (χ0) is 15.4. The Morgan fingerprint density at radius 2 is 1.55 bits per heavy atom. The van der Waals surface area contributed by atoms with Gasteiger partial charge in [0.25, 0.3) is 0 Å². The fourth-order valence-electron chi connectivity index (χ4n) is 2.50. The van der Waals surface area contributed by atoms with Gasteiger partial charge in [-0.15, -0.1) is 0 Å². The minimum absolute atomic E-state index is 0.694. The SMILES string of the molecule is Cc1c(Nc2ccccc2)cccc1-c1ccc(C=O)cc1. The first-order valence-corrected chi connectivity index (χ1v) is 7.25. The fourth-order valence-corrected chi connectivity index (χ4v) is 2.50. The quantitative estimate of drug-likeness (QED) is 0.667. The molecule has 0 spiro atoms. The molecule has 3 aromatic carbocycles. The van der Waals surface area contributed by atoms with Crippen molar-refractivity contribution in [2.45, 2.75) is 6.92 Å². The van der Waals surface area contributed by atoms with Crippen LogP contribution in [0.3, 0.4) is 0 Å². The zero-order valence-electron chi connectivity index (χ0n) is 12.4. The van der Waals surface area contributed by atoms with Gasteiger partial charge < -0.3 is 5.32 Å². The molecule has 1 N–H and O–H groups in total. The Bertz CT molecular complexity index is 777. The topological polar surface area (TPSA) is 29.1 Å². The van der Waals surface area contributed by atoms with Gasteiger partial charge in [0.15, 0.2) is 0 Å². The van der Waals surface area contributed by atoms with Crippen LogP contribution in [0, 0.1) is 6.92 Å². The molecule has 3 rings (SSSR count). The van der Waals surface area contributed by atoms with Crippen molar-refractivity contribution in [3.8, 4) is 11.1 Å². The van der Waals surface area contributed by atoms with Gasteiger partial charge in [0.2, 0.25) is 0 Å². The molecule has 0 aliphatic rings. The Morgan fingerprint density at radius 1 is 0.818 bits per heavy atom. The van der Waals surface area contributed by atoms with Gasteiger partial charge in [0, 0.05) is 16.9 Å². The minimum Gasteiger partial charge on any atom is -0.355 e. The molecule has 3 aromatic rings. The summed E-state index contributed by atoms with van der Waals surface area (Å²) >= 11 is 0. The van der Waals surface area contributed by atoms with Crippen molar-refractivity contribution in [2.24, 2.45) is 0 Å². The van der Waals surface area contributed by atoms with Crippen molar-refractivity contribution in [1.29, 1.82) is 0 Å². The summed E-state index contributed by atoms with van der Waals surface area (Å²) in [4.78, 5) is 10.8. The predicted octanol–water partition coefficient (Wildman–Crippen LogP) is 5.22. The maximum absolute atomic E-state index is 10.8. The number of hydrogen-bond acceptors (Lipinski definition) is 2. The normalized spacial score (nSPS) is 10.2. The Balaban J connectivity index is 1.96. The molecule has 0 aliphatic heterocycles. The van der Waals surface area contributed by atoms with Crippen LogP contribution in [0.4, 0.5) is 11.4 Å². The molecule has 108 valence electrons. The van der Waals surface area contributed by atoms with E-state index in [9.17, 15) is 4.79 Å². The standard InChI is InChI=1S/C20H17NO/c1-15-19(17-12-10-16(14-22)11-13-17)8-5-9-20(15)21-18-6-3-2-4-7-18/h2-14,21H,1H3. The molecule has 0 fully saturated rings. The number of aldehydes is 1. The number of carbonyl (C=O) groups is 1. The molecule has 0 atom stereocenters. The molecule has 0 aromatic heterocycles. The van der Waals surface area contributed by atoms with Crippen LogP contribution < -0.4 is 5.32 Å². The molecular formula is C20H17NO. The molecule has 0 saturated heterocycles. The first-order valence-electron chi connectivity index (χ1n) is 7.25. The average Bonchev–Trinajstić information content (AvgIpc) is 2.58. The highest BCUT2D eigenvalue weighted by atomic mass is 16.1. The van der Waals surface area contributed by atoms with Crippen LogP contribution in [0.5, 0.6) is 0 Å². The second kappa shape index (κ2) is 6.27. The lowest BCUT2D eigenvalue weighted by Gasteiger charge is -2.13. The molecule has 22 heavy (non-hydrogen) atoms. The molecule has 0 saturated carbocycles. The van der Waals surface area contributed by atoms with Crippen molar-refractivity contribution in [1.82, 2.24) is 0 Å². The molecule has 0 radical (unpaired) electrons. The number of carbonyl (C=O) groups excluding carboxylic acids is 1. The first-order chi connectivity index (χ1) is 10.8. The van der Waals surface area contributed by atoms with Crippen LogP contribution in [-0.4, -0.2) is 6.29 Å². The van der Waals surface area contributed by atoms with Gasteiger partial charge >= 0.3 is 0 Å². The van der Waals surface area contributed by atoms with Gasteiger partial charge in [-0.25, -0.2) is 0 Å². The third-order valence-electron chi connectivity index (χ3n) is 3.74. The highest BCUT2D eigenvalue weighted by molar-refractivity contribution is 5.79. The van der Waals surface area contributed by atoms with Gasteiger partial charge in [-0.3, -0.25) is 4.79 Å². The van der Waals surface area contributed by atoms with Crippen LogP contribution in [0.25, 0.3) is 11.1 Å². The molecule has 0 amide bonds. The van der Waals surface area contributed by atoms with Gasteiger partial charge in [-0.2, -0.15) is 0 Å². The van der Waals surface area contributed by atoms with E-state index in [1.165, 1.54) is 11.1 Å².